The second kappa shape index (κ2) is 5.77. The van der Waals surface area contributed by atoms with Crippen molar-refractivity contribution in [1.82, 2.24) is 14.5 Å². The predicted octanol–water partition coefficient (Wildman–Crippen LogP) is 2.56. The summed E-state index contributed by atoms with van der Waals surface area (Å²) in [4.78, 5) is 5.60. The first-order valence-electron chi connectivity index (χ1n) is 7.04. The number of nitrogens with one attached hydrogen (secondary N) is 1. The summed E-state index contributed by atoms with van der Waals surface area (Å²) in [5.74, 6) is 0. The maximum absolute atomic E-state index is 5.88. The Kier molecular flexibility index (Phi) is 4.48. The Labute approximate surface area is 120 Å². The van der Waals surface area contributed by atoms with Crippen molar-refractivity contribution in [1.29, 1.82) is 0 Å². The third-order valence-electron chi connectivity index (χ3n) is 3.69. The van der Waals surface area contributed by atoms with E-state index in [0.29, 0.717) is 0 Å². The summed E-state index contributed by atoms with van der Waals surface area (Å²) >= 11 is 5.41. The highest BCUT2D eigenvalue weighted by Crippen LogP contribution is 2.23. The molecule has 1 fully saturated rings. The number of likely N-dealkylation sites (N-methyl/N-ethyl adjacent to an activating group) is 1. The lowest BCUT2D eigenvalue weighted by Crippen LogP contribution is -2.44. The van der Waals surface area contributed by atoms with Gasteiger partial charge in [0.25, 0.3) is 0 Å². The minimum Gasteiger partial charge on any atom is -0.374 e. The fraction of sp³-hybridized carbons (Fsp3) is 0.786. The minimum atomic E-state index is 0.0900. The predicted molar refractivity (Wildman–Crippen MR) is 80.2 cm³/mol. The van der Waals surface area contributed by atoms with Crippen LogP contribution in [0.4, 0.5) is 0 Å². The molecule has 0 aliphatic carbocycles. The van der Waals surface area contributed by atoms with E-state index < -0.39 is 0 Å². The lowest BCUT2D eigenvalue weighted by atomic mass is 9.92. The van der Waals surface area contributed by atoms with Crippen LogP contribution < -0.4 is 0 Å². The van der Waals surface area contributed by atoms with Gasteiger partial charge >= 0.3 is 0 Å². The number of aromatic amines is 1. The molecule has 0 bridgehead atoms. The molecule has 0 aromatic carbocycles. The molecule has 1 N–H and O–H groups in total. The molecule has 1 atom stereocenters. The van der Waals surface area contributed by atoms with E-state index in [1.54, 1.807) is 0 Å². The summed E-state index contributed by atoms with van der Waals surface area (Å²) in [6.45, 7) is 13.6. The number of hydrogen-bond donors (Lipinski definition) is 1. The van der Waals surface area contributed by atoms with Crippen molar-refractivity contribution in [2.75, 3.05) is 26.2 Å². The van der Waals surface area contributed by atoms with Gasteiger partial charge in [-0.25, -0.2) is 0 Å². The van der Waals surface area contributed by atoms with Crippen molar-refractivity contribution in [3.8, 4) is 0 Å². The van der Waals surface area contributed by atoms with Crippen LogP contribution in [0.1, 0.15) is 33.4 Å². The fourth-order valence-corrected chi connectivity index (χ4v) is 2.81. The third-order valence-corrected chi connectivity index (χ3v) is 4.03. The second-order valence-electron chi connectivity index (χ2n) is 6.23. The summed E-state index contributed by atoms with van der Waals surface area (Å²) in [6, 6.07) is 0. The van der Waals surface area contributed by atoms with Gasteiger partial charge in [-0.3, -0.25) is 4.90 Å². The maximum Gasteiger partial charge on any atom is 0.177 e. The monoisotopic (exact) mass is 283 g/mol. The highest BCUT2D eigenvalue weighted by Gasteiger charge is 2.24. The highest BCUT2D eigenvalue weighted by molar-refractivity contribution is 7.71. The molecular formula is C14H25N3OS. The van der Waals surface area contributed by atoms with Gasteiger partial charge in [0.05, 0.1) is 19.3 Å². The Morgan fingerprint density at radius 1 is 1.47 bits per heavy atom. The van der Waals surface area contributed by atoms with E-state index in [0.717, 1.165) is 37.6 Å². The lowest BCUT2D eigenvalue weighted by Gasteiger charge is -2.33. The van der Waals surface area contributed by atoms with Gasteiger partial charge < -0.3 is 14.3 Å². The maximum atomic E-state index is 5.88. The number of hydrogen-bond acceptors (Lipinski definition) is 3. The molecule has 0 radical (unpaired) electrons. The normalized spacial score (nSPS) is 21.8. The molecule has 0 saturated carbocycles. The Bertz CT molecular complexity index is 472. The molecule has 0 spiro atoms. The smallest absolute Gasteiger partial charge is 0.177 e. The Balaban J connectivity index is 2.15. The van der Waals surface area contributed by atoms with Crippen molar-refractivity contribution in [3.05, 3.63) is 16.7 Å². The van der Waals surface area contributed by atoms with E-state index >= 15 is 0 Å². The van der Waals surface area contributed by atoms with Gasteiger partial charge in [0.2, 0.25) is 0 Å². The van der Waals surface area contributed by atoms with Gasteiger partial charge in [0.15, 0.2) is 4.77 Å². The molecule has 108 valence electrons. The van der Waals surface area contributed by atoms with Crippen LogP contribution in [0.25, 0.3) is 0 Å². The van der Waals surface area contributed by atoms with Crippen LogP contribution in [0.15, 0.2) is 6.20 Å². The number of H-pyrrole nitrogens is 1. The van der Waals surface area contributed by atoms with Gasteiger partial charge in [0.1, 0.15) is 0 Å². The first kappa shape index (κ1) is 14.8. The van der Waals surface area contributed by atoms with E-state index in [4.69, 9.17) is 17.0 Å². The Morgan fingerprint density at radius 3 is 2.84 bits per heavy atom. The zero-order chi connectivity index (χ0) is 14.0. The zero-order valence-electron chi connectivity index (χ0n) is 12.4. The Hall–Kier alpha value is -0.650. The quantitative estimate of drug-likeness (QED) is 0.866. The molecule has 1 saturated heterocycles. The second-order valence-corrected chi connectivity index (χ2v) is 6.61. The number of rotatable bonds is 3. The molecule has 4 nitrogen and oxygen atoms in total. The number of aromatic nitrogens is 2. The average Bonchev–Trinajstić information content (AvgIpc) is 2.71. The molecule has 2 heterocycles. The molecule has 1 aliphatic heterocycles. The van der Waals surface area contributed by atoms with Gasteiger partial charge in [-0.2, -0.15) is 0 Å². The molecule has 0 amide bonds. The number of morpholine rings is 1. The first-order chi connectivity index (χ1) is 8.91. The standard InChI is InChI=1S/C14H25N3OS/c1-5-16-6-7-18-11(9-16)10-17-12(14(2,3)4)8-15-13(17)19/h8,11H,5-7,9-10H2,1-4H3,(H,15,19). The third kappa shape index (κ3) is 3.46. The van der Waals surface area contributed by atoms with Gasteiger partial charge in [0, 0.05) is 30.4 Å². The van der Waals surface area contributed by atoms with Crippen molar-refractivity contribution >= 4 is 12.2 Å². The zero-order valence-corrected chi connectivity index (χ0v) is 13.2. The number of imidazole rings is 1. The van der Waals surface area contributed by atoms with Crippen LogP contribution in [-0.2, 0) is 16.7 Å². The molecule has 5 heteroatoms. The van der Waals surface area contributed by atoms with Crippen LogP contribution in [0, 0.1) is 4.77 Å². The average molecular weight is 283 g/mol. The van der Waals surface area contributed by atoms with Crippen LogP contribution in [-0.4, -0.2) is 46.8 Å². The van der Waals surface area contributed by atoms with Crippen molar-refractivity contribution in [3.63, 3.8) is 0 Å². The summed E-state index contributed by atoms with van der Waals surface area (Å²) in [5, 5.41) is 0. The Morgan fingerprint density at radius 2 is 2.21 bits per heavy atom. The largest absolute Gasteiger partial charge is 0.374 e. The lowest BCUT2D eigenvalue weighted by molar-refractivity contribution is -0.0349. The highest BCUT2D eigenvalue weighted by atomic mass is 32.1. The SMILES string of the molecule is CCN1CCOC(Cn2c(C(C)(C)C)c[nH]c2=S)C1. The van der Waals surface area contributed by atoms with E-state index in [-0.39, 0.29) is 11.5 Å². The summed E-state index contributed by atoms with van der Waals surface area (Å²) in [6.07, 6.45) is 2.26. The van der Waals surface area contributed by atoms with Gasteiger partial charge in [-0.15, -0.1) is 0 Å². The first-order valence-corrected chi connectivity index (χ1v) is 7.45. The minimum absolute atomic E-state index is 0.0900. The number of nitrogens with zero attached hydrogens (tertiary/aromatic N) is 2. The summed E-state index contributed by atoms with van der Waals surface area (Å²) in [7, 11) is 0. The molecular weight excluding hydrogens is 258 g/mol. The van der Waals surface area contributed by atoms with Crippen LogP contribution >= 0.6 is 12.2 Å². The fourth-order valence-electron chi connectivity index (χ4n) is 2.58. The van der Waals surface area contributed by atoms with Crippen LogP contribution in [0.5, 0.6) is 0 Å². The van der Waals surface area contributed by atoms with Gasteiger partial charge in [-0.05, 0) is 18.8 Å². The van der Waals surface area contributed by atoms with Crippen molar-refractivity contribution < 1.29 is 4.74 Å². The molecule has 1 aromatic rings. The topological polar surface area (TPSA) is 33.2 Å². The van der Waals surface area contributed by atoms with E-state index in [1.807, 2.05) is 6.20 Å². The summed E-state index contributed by atoms with van der Waals surface area (Å²) in [5.41, 5.74) is 1.34. The molecule has 2 rings (SSSR count). The van der Waals surface area contributed by atoms with Crippen LogP contribution in [0.2, 0.25) is 0 Å². The number of ether oxygens (including phenoxy) is 1. The molecule has 19 heavy (non-hydrogen) atoms. The molecule has 1 aromatic heterocycles. The summed E-state index contributed by atoms with van der Waals surface area (Å²) < 4.78 is 8.87. The van der Waals surface area contributed by atoms with Gasteiger partial charge in [-0.1, -0.05) is 27.7 Å². The van der Waals surface area contributed by atoms with Crippen molar-refractivity contribution in [2.45, 2.75) is 45.8 Å². The van der Waals surface area contributed by atoms with E-state index in [1.165, 1.54) is 5.69 Å². The molecule has 1 unspecified atom stereocenters. The van der Waals surface area contributed by atoms with Crippen LogP contribution in [0.3, 0.4) is 0 Å². The van der Waals surface area contributed by atoms with E-state index in [2.05, 4.69) is 42.1 Å². The molecule has 1 aliphatic rings. The van der Waals surface area contributed by atoms with Crippen molar-refractivity contribution in [2.24, 2.45) is 0 Å². The van der Waals surface area contributed by atoms with E-state index in [9.17, 15) is 0 Å².